The third-order valence-electron chi connectivity index (χ3n) is 4.29. The number of carboxylic acid groups (broad SMARTS) is 1. The van der Waals surface area contributed by atoms with Gasteiger partial charge in [-0.25, -0.2) is 4.39 Å². The van der Waals surface area contributed by atoms with Crippen LogP contribution < -0.4 is 4.74 Å². The van der Waals surface area contributed by atoms with Crippen molar-refractivity contribution in [3.8, 4) is 5.75 Å². The molecule has 0 radical (unpaired) electrons. The lowest BCUT2D eigenvalue weighted by Gasteiger charge is -2.20. The Labute approximate surface area is 163 Å². The van der Waals surface area contributed by atoms with E-state index in [9.17, 15) is 14.3 Å². The van der Waals surface area contributed by atoms with Gasteiger partial charge in [0.1, 0.15) is 18.2 Å². The molecule has 3 aromatic rings. The summed E-state index contributed by atoms with van der Waals surface area (Å²) in [5.74, 6) is -0.509. The van der Waals surface area contributed by atoms with Crippen molar-refractivity contribution >= 4 is 5.97 Å². The molecule has 0 fully saturated rings. The maximum atomic E-state index is 13.6. The van der Waals surface area contributed by atoms with Crippen molar-refractivity contribution in [2.24, 2.45) is 0 Å². The van der Waals surface area contributed by atoms with E-state index in [2.05, 4.69) is 0 Å². The second kappa shape index (κ2) is 9.67. The Hall–Kier alpha value is -3.18. The highest BCUT2D eigenvalue weighted by Gasteiger charge is 2.11. The van der Waals surface area contributed by atoms with Gasteiger partial charge in [-0.3, -0.25) is 9.69 Å². The molecular formula is C23H22FNO3. The van der Waals surface area contributed by atoms with Gasteiger partial charge in [0, 0.05) is 18.7 Å². The maximum Gasteiger partial charge on any atom is 0.317 e. The summed E-state index contributed by atoms with van der Waals surface area (Å²) in [6.07, 6.45) is 0. The van der Waals surface area contributed by atoms with Crippen LogP contribution in [0, 0.1) is 5.82 Å². The summed E-state index contributed by atoms with van der Waals surface area (Å²) in [6.45, 7) is 1.18. The minimum Gasteiger partial charge on any atom is -0.489 e. The number of aliphatic carboxylic acids is 1. The van der Waals surface area contributed by atoms with E-state index in [0.29, 0.717) is 24.4 Å². The zero-order valence-electron chi connectivity index (χ0n) is 15.4. The average Bonchev–Trinajstić information content (AvgIpc) is 2.69. The van der Waals surface area contributed by atoms with Crippen LogP contribution in [0.15, 0.2) is 78.9 Å². The van der Waals surface area contributed by atoms with Gasteiger partial charge in [-0.15, -0.1) is 0 Å². The van der Waals surface area contributed by atoms with Gasteiger partial charge in [0.15, 0.2) is 0 Å². The largest absolute Gasteiger partial charge is 0.489 e. The molecule has 0 saturated heterocycles. The van der Waals surface area contributed by atoms with E-state index >= 15 is 0 Å². The van der Waals surface area contributed by atoms with Gasteiger partial charge in [0.05, 0.1) is 6.54 Å². The van der Waals surface area contributed by atoms with E-state index in [4.69, 9.17) is 4.74 Å². The Kier molecular flexibility index (Phi) is 6.76. The molecule has 0 saturated carbocycles. The summed E-state index contributed by atoms with van der Waals surface area (Å²) in [6, 6.07) is 23.7. The summed E-state index contributed by atoms with van der Waals surface area (Å²) in [7, 11) is 0. The minimum atomic E-state index is -0.860. The molecule has 0 amide bonds. The molecule has 28 heavy (non-hydrogen) atoms. The second-order valence-corrected chi connectivity index (χ2v) is 6.55. The highest BCUT2D eigenvalue weighted by Crippen LogP contribution is 2.17. The fourth-order valence-electron chi connectivity index (χ4n) is 2.93. The molecular weight excluding hydrogens is 357 g/mol. The number of halogens is 1. The van der Waals surface area contributed by atoms with Crippen molar-refractivity contribution in [3.05, 3.63) is 101 Å². The molecule has 144 valence electrons. The summed E-state index contributed by atoms with van der Waals surface area (Å²) in [4.78, 5) is 13.1. The monoisotopic (exact) mass is 379 g/mol. The van der Waals surface area contributed by atoms with Gasteiger partial charge in [-0.2, -0.15) is 0 Å². The van der Waals surface area contributed by atoms with Crippen LogP contribution in [-0.4, -0.2) is 22.5 Å². The van der Waals surface area contributed by atoms with Crippen LogP contribution in [0.5, 0.6) is 5.75 Å². The van der Waals surface area contributed by atoms with Crippen molar-refractivity contribution in [3.63, 3.8) is 0 Å². The van der Waals surface area contributed by atoms with Crippen molar-refractivity contribution in [2.75, 3.05) is 6.54 Å². The van der Waals surface area contributed by atoms with Crippen molar-refractivity contribution < 1.29 is 19.0 Å². The van der Waals surface area contributed by atoms with Crippen molar-refractivity contribution in [1.29, 1.82) is 0 Å². The lowest BCUT2D eigenvalue weighted by molar-refractivity contribution is -0.138. The normalized spacial score (nSPS) is 10.8. The molecule has 0 unspecified atom stereocenters. The van der Waals surface area contributed by atoms with Gasteiger partial charge in [-0.1, -0.05) is 60.7 Å². The van der Waals surface area contributed by atoms with Crippen LogP contribution in [0.1, 0.15) is 16.7 Å². The van der Waals surface area contributed by atoms with E-state index < -0.39 is 5.97 Å². The molecule has 0 bridgehead atoms. The first-order valence-electron chi connectivity index (χ1n) is 9.03. The molecule has 3 aromatic carbocycles. The SMILES string of the molecule is O=C(O)CN(Cc1ccccc1)Cc1ccc(OCc2ccccc2F)cc1. The molecule has 0 aliphatic heterocycles. The van der Waals surface area contributed by atoms with Crippen LogP contribution in [0.2, 0.25) is 0 Å². The molecule has 5 heteroatoms. The Morgan fingerprint density at radius 1 is 0.857 bits per heavy atom. The molecule has 0 spiro atoms. The molecule has 3 rings (SSSR count). The number of nitrogens with zero attached hydrogens (tertiary/aromatic N) is 1. The number of rotatable bonds is 9. The van der Waals surface area contributed by atoms with Gasteiger partial charge < -0.3 is 9.84 Å². The van der Waals surface area contributed by atoms with Gasteiger partial charge in [0.25, 0.3) is 0 Å². The number of benzene rings is 3. The highest BCUT2D eigenvalue weighted by molar-refractivity contribution is 5.69. The summed E-state index contributed by atoms with van der Waals surface area (Å²) >= 11 is 0. The first-order chi connectivity index (χ1) is 13.6. The molecule has 0 aliphatic rings. The quantitative estimate of drug-likeness (QED) is 0.595. The standard InChI is InChI=1S/C23H22FNO3/c24-22-9-5-4-8-20(22)17-28-21-12-10-19(11-13-21)15-25(16-23(26)27)14-18-6-2-1-3-7-18/h1-13H,14-17H2,(H,26,27). The lowest BCUT2D eigenvalue weighted by atomic mass is 10.1. The van der Waals surface area contributed by atoms with Crippen LogP contribution in [0.4, 0.5) is 4.39 Å². The second-order valence-electron chi connectivity index (χ2n) is 6.55. The maximum absolute atomic E-state index is 13.6. The molecule has 1 N–H and O–H groups in total. The number of carboxylic acids is 1. The smallest absolute Gasteiger partial charge is 0.317 e. The van der Waals surface area contributed by atoms with E-state index in [1.165, 1.54) is 6.07 Å². The Balaban J connectivity index is 1.60. The predicted molar refractivity (Wildman–Crippen MR) is 105 cm³/mol. The zero-order valence-corrected chi connectivity index (χ0v) is 15.4. The minimum absolute atomic E-state index is 0.0412. The molecule has 0 heterocycles. The van der Waals surface area contributed by atoms with E-state index in [1.54, 1.807) is 18.2 Å². The van der Waals surface area contributed by atoms with Gasteiger partial charge in [0.2, 0.25) is 0 Å². The lowest BCUT2D eigenvalue weighted by Crippen LogP contribution is -2.28. The van der Waals surface area contributed by atoms with E-state index in [-0.39, 0.29) is 19.0 Å². The predicted octanol–water partition coefficient (Wildman–Crippen LogP) is 4.49. The van der Waals surface area contributed by atoms with E-state index in [1.807, 2.05) is 59.5 Å². The fourth-order valence-corrected chi connectivity index (χ4v) is 2.93. The van der Waals surface area contributed by atoms with Crippen LogP contribution in [-0.2, 0) is 24.5 Å². The Bertz CT molecular complexity index is 897. The first-order valence-corrected chi connectivity index (χ1v) is 9.03. The Morgan fingerprint density at radius 3 is 2.11 bits per heavy atom. The molecule has 0 aliphatic carbocycles. The number of hydrogen-bond acceptors (Lipinski definition) is 3. The molecule has 0 atom stereocenters. The van der Waals surface area contributed by atoms with Crippen LogP contribution in [0.3, 0.4) is 0 Å². The van der Waals surface area contributed by atoms with Crippen molar-refractivity contribution in [2.45, 2.75) is 19.7 Å². The summed E-state index contributed by atoms with van der Waals surface area (Å²) in [5.41, 5.74) is 2.55. The third-order valence-corrected chi connectivity index (χ3v) is 4.29. The number of ether oxygens (including phenoxy) is 1. The highest BCUT2D eigenvalue weighted by atomic mass is 19.1. The van der Waals surface area contributed by atoms with Gasteiger partial charge >= 0.3 is 5.97 Å². The number of carbonyl (C=O) groups is 1. The number of hydrogen-bond donors (Lipinski definition) is 1. The third kappa shape index (κ3) is 5.93. The van der Waals surface area contributed by atoms with Crippen LogP contribution in [0.25, 0.3) is 0 Å². The van der Waals surface area contributed by atoms with Gasteiger partial charge in [-0.05, 0) is 29.3 Å². The Morgan fingerprint density at radius 2 is 1.46 bits per heavy atom. The van der Waals surface area contributed by atoms with Crippen molar-refractivity contribution in [1.82, 2.24) is 4.90 Å². The molecule has 0 aromatic heterocycles. The summed E-state index contributed by atoms with van der Waals surface area (Å²) < 4.78 is 19.3. The molecule has 4 nitrogen and oxygen atoms in total. The zero-order chi connectivity index (χ0) is 19.8. The van der Waals surface area contributed by atoms with E-state index in [0.717, 1.165) is 11.1 Å². The summed E-state index contributed by atoms with van der Waals surface area (Å²) in [5, 5.41) is 9.19. The topological polar surface area (TPSA) is 49.8 Å². The average molecular weight is 379 g/mol. The van der Waals surface area contributed by atoms with Crippen LogP contribution >= 0.6 is 0 Å². The fraction of sp³-hybridized carbons (Fsp3) is 0.174. The first kappa shape index (κ1) is 19.6.